The first-order valence-corrected chi connectivity index (χ1v) is 4.60. The molecule has 1 rings (SSSR count). The minimum absolute atomic E-state index is 0.000556. The zero-order chi connectivity index (χ0) is 9.84. The third-order valence-corrected chi connectivity index (χ3v) is 2.34. The number of rotatable bonds is 3. The van der Waals surface area contributed by atoms with Crippen molar-refractivity contribution in [2.75, 3.05) is 20.2 Å². The molecule has 0 aromatic rings. The Morgan fingerprint density at radius 3 is 2.69 bits per heavy atom. The molecule has 0 aromatic heterocycles. The van der Waals surface area contributed by atoms with Crippen molar-refractivity contribution in [1.29, 1.82) is 0 Å². The van der Waals surface area contributed by atoms with E-state index in [4.69, 9.17) is 0 Å². The highest BCUT2D eigenvalue weighted by Crippen LogP contribution is 2.18. The average Bonchev–Trinajstić information content (AvgIpc) is 2.01. The zero-order valence-corrected chi connectivity index (χ0v) is 8.54. The van der Waals surface area contributed by atoms with E-state index in [-0.39, 0.29) is 12.0 Å². The molecule has 1 aliphatic rings. The summed E-state index contributed by atoms with van der Waals surface area (Å²) in [6.45, 7) is 5.99. The average molecular weight is 183 g/mol. The number of nitrogens with zero attached hydrogens (tertiary/aromatic N) is 1. The van der Waals surface area contributed by atoms with Gasteiger partial charge in [-0.1, -0.05) is 11.6 Å². The number of allylic oxidation sites excluding steroid dienone is 1. The highest BCUT2D eigenvalue weighted by Gasteiger charge is 2.33. The molecule has 1 heterocycles. The Morgan fingerprint density at radius 2 is 2.31 bits per heavy atom. The molecule has 0 spiro atoms. The molecule has 0 saturated carbocycles. The number of likely N-dealkylation sites (tertiary alicyclic amines) is 1. The smallest absolute Gasteiger partial charge is 0.323 e. The highest BCUT2D eigenvalue weighted by molar-refractivity contribution is 5.76. The van der Waals surface area contributed by atoms with Crippen LogP contribution in [0.5, 0.6) is 0 Å². The van der Waals surface area contributed by atoms with Crippen LogP contribution >= 0.6 is 0 Å². The number of hydrogen-bond acceptors (Lipinski definition) is 3. The van der Waals surface area contributed by atoms with E-state index >= 15 is 0 Å². The van der Waals surface area contributed by atoms with Gasteiger partial charge in [-0.2, -0.15) is 0 Å². The number of carbonyl (C=O) groups is 1. The summed E-state index contributed by atoms with van der Waals surface area (Å²) in [4.78, 5) is 13.3. The molecule has 3 heteroatoms. The molecule has 0 aliphatic carbocycles. The number of esters is 1. The highest BCUT2D eigenvalue weighted by atomic mass is 16.5. The second-order valence-corrected chi connectivity index (χ2v) is 3.60. The number of carbonyl (C=O) groups excluding carboxylic acids is 1. The summed E-state index contributed by atoms with van der Waals surface area (Å²) < 4.78 is 4.69. The molecule has 1 aliphatic heterocycles. The lowest BCUT2D eigenvalue weighted by molar-refractivity contribution is -0.151. The first kappa shape index (κ1) is 10.3. The van der Waals surface area contributed by atoms with Gasteiger partial charge in [0.25, 0.3) is 0 Å². The predicted molar refractivity (Wildman–Crippen MR) is 51.4 cm³/mol. The van der Waals surface area contributed by atoms with Crippen molar-refractivity contribution in [3.8, 4) is 0 Å². The van der Waals surface area contributed by atoms with Crippen LogP contribution in [0.2, 0.25) is 0 Å². The van der Waals surface area contributed by atoms with Crippen molar-refractivity contribution >= 4 is 5.97 Å². The quantitative estimate of drug-likeness (QED) is 0.486. The number of hydrogen-bond donors (Lipinski definition) is 0. The lowest BCUT2D eigenvalue weighted by atomic mass is 10.0. The SMILES string of the molecule is COC(=O)C1CCN1CC=C(C)C. The molecule has 1 atom stereocenters. The predicted octanol–water partition coefficient (Wildman–Crippen LogP) is 1.20. The van der Waals surface area contributed by atoms with Gasteiger partial charge in [-0.25, -0.2) is 0 Å². The van der Waals surface area contributed by atoms with E-state index in [0.29, 0.717) is 0 Å². The Bertz CT molecular complexity index is 219. The Morgan fingerprint density at radius 1 is 1.62 bits per heavy atom. The zero-order valence-electron chi connectivity index (χ0n) is 8.54. The second-order valence-electron chi connectivity index (χ2n) is 3.60. The van der Waals surface area contributed by atoms with Crippen molar-refractivity contribution < 1.29 is 9.53 Å². The molecule has 3 nitrogen and oxygen atoms in total. The van der Waals surface area contributed by atoms with Crippen LogP contribution in [0.1, 0.15) is 20.3 Å². The minimum atomic E-state index is -0.103. The van der Waals surface area contributed by atoms with Crippen molar-refractivity contribution in [3.63, 3.8) is 0 Å². The van der Waals surface area contributed by atoms with E-state index in [9.17, 15) is 4.79 Å². The van der Waals surface area contributed by atoms with Crippen molar-refractivity contribution in [3.05, 3.63) is 11.6 Å². The molecule has 0 radical (unpaired) electrons. The second kappa shape index (κ2) is 4.42. The normalized spacial score (nSPS) is 21.9. The standard InChI is InChI=1S/C10H17NO2/c1-8(2)4-6-11-7-5-9(11)10(12)13-3/h4,9H,5-7H2,1-3H3. The third kappa shape index (κ3) is 2.56. The molecular formula is C10H17NO2. The summed E-state index contributed by atoms with van der Waals surface area (Å²) in [5.74, 6) is -0.103. The molecule has 1 fully saturated rings. The largest absolute Gasteiger partial charge is 0.468 e. The van der Waals surface area contributed by atoms with Crippen LogP contribution in [-0.2, 0) is 9.53 Å². The van der Waals surface area contributed by atoms with Crippen molar-refractivity contribution in [2.24, 2.45) is 0 Å². The van der Waals surface area contributed by atoms with Gasteiger partial charge in [0.2, 0.25) is 0 Å². The Labute approximate surface area is 79.4 Å². The molecule has 1 unspecified atom stereocenters. The number of methoxy groups -OCH3 is 1. The molecule has 0 aromatic carbocycles. The van der Waals surface area contributed by atoms with Crippen LogP contribution in [0.3, 0.4) is 0 Å². The van der Waals surface area contributed by atoms with Gasteiger partial charge < -0.3 is 4.74 Å². The molecular weight excluding hydrogens is 166 g/mol. The fourth-order valence-electron chi connectivity index (χ4n) is 1.36. The summed E-state index contributed by atoms with van der Waals surface area (Å²) in [5, 5.41) is 0. The molecule has 13 heavy (non-hydrogen) atoms. The van der Waals surface area contributed by atoms with Crippen LogP contribution in [0.25, 0.3) is 0 Å². The molecule has 1 saturated heterocycles. The van der Waals surface area contributed by atoms with Crippen molar-refractivity contribution in [2.45, 2.75) is 26.3 Å². The molecule has 0 bridgehead atoms. The summed E-state index contributed by atoms with van der Waals surface area (Å²) in [7, 11) is 1.44. The van der Waals surface area contributed by atoms with E-state index < -0.39 is 0 Å². The van der Waals surface area contributed by atoms with Gasteiger partial charge in [0.15, 0.2) is 0 Å². The summed E-state index contributed by atoms with van der Waals surface area (Å²) in [6.07, 6.45) is 3.07. The van der Waals surface area contributed by atoms with E-state index in [1.807, 2.05) is 0 Å². The van der Waals surface area contributed by atoms with Crippen LogP contribution in [-0.4, -0.2) is 37.1 Å². The third-order valence-electron chi connectivity index (χ3n) is 2.34. The van der Waals surface area contributed by atoms with Gasteiger partial charge in [-0.05, 0) is 20.3 Å². The molecule has 0 N–H and O–H groups in total. The van der Waals surface area contributed by atoms with Gasteiger partial charge >= 0.3 is 5.97 Å². The molecule has 74 valence electrons. The summed E-state index contributed by atoms with van der Waals surface area (Å²) in [6, 6.07) is 0.000556. The van der Waals surface area contributed by atoms with E-state index in [0.717, 1.165) is 19.5 Å². The Kier molecular flexibility index (Phi) is 3.48. The van der Waals surface area contributed by atoms with Crippen LogP contribution < -0.4 is 0 Å². The topological polar surface area (TPSA) is 29.5 Å². The molecule has 0 amide bonds. The maximum Gasteiger partial charge on any atom is 0.323 e. The van der Waals surface area contributed by atoms with Gasteiger partial charge in [0, 0.05) is 13.1 Å². The monoisotopic (exact) mass is 183 g/mol. The van der Waals surface area contributed by atoms with Gasteiger partial charge in [0.1, 0.15) is 6.04 Å². The van der Waals surface area contributed by atoms with Crippen molar-refractivity contribution in [1.82, 2.24) is 4.90 Å². The maximum atomic E-state index is 11.2. The van der Waals surface area contributed by atoms with E-state index in [1.165, 1.54) is 12.7 Å². The maximum absolute atomic E-state index is 11.2. The van der Waals surface area contributed by atoms with E-state index in [2.05, 4.69) is 29.6 Å². The fraction of sp³-hybridized carbons (Fsp3) is 0.700. The van der Waals surface area contributed by atoms with Crippen LogP contribution in [0, 0.1) is 0 Å². The van der Waals surface area contributed by atoms with Crippen LogP contribution in [0.4, 0.5) is 0 Å². The first-order chi connectivity index (χ1) is 6.15. The lowest BCUT2D eigenvalue weighted by Crippen LogP contribution is -2.52. The van der Waals surface area contributed by atoms with Gasteiger partial charge in [0.05, 0.1) is 7.11 Å². The van der Waals surface area contributed by atoms with Gasteiger partial charge in [-0.15, -0.1) is 0 Å². The van der Waals surface area contributed by atoms with E-state index in [1.54, 1.807) is 0 Å². The lowest BCUT2D eigenvalue weighted by Gasteiger charge is -2.37. The Balaban J connectivity index is 2.37. The van der Waals surface area contributed by atoms with Gasteiger partial charge in [-0.3, -0.25) is 9.69 Å². The van der Waals surface area contributed by atoms with Crippen LogP contribution in [0.15, 0.2) is 11.6 Å². The first-order valence-electron chi connectivity index (χ1n) is 4.60. The minimum Gasteiger partial charge on any atom is -0.468 e. The summed E-state index contributed by atoms with van der Waals surface area (Å²) in [5.41, 5.74) is 1.29. The fourth-order valence-corrected chi connectivity index (χ4v) is 1.36. The summed E-state index contributed by atoms with van der Waals surface area (Å²) >= 11 is 0. The number of ether oxygens (including phenoxy) is 1. The Hall–Kier alpha value is -0.830.